The van der Waals surface area contributed by atoms with Gasteiger partial charge in [-0.05, 0) is 25.1 Å². The number of anilines is 1. The van der Waals surface area contributed by atoms with E-state index in [1.54, 1.807) is 18.5 Å². The molecule has 0 unspecified atom stereocenters. The average molecular weight is 432 g/mol. The molecule has 3 aromatic heterocycles. The first kappa shape index (κ1) is 20.2. The number of para-hydroxylation sites is 1. The lowest BCUT2D eigenvalue weighted by Crippen LogP contribution is -2.28. The smallest absolute Gasteiger partial charge is 0.259 e. The van der Waals surface area contributed by atoms with Crippen LogP contribution in [0.3, 0.4) is 0 Å². The van der Waals surface area contributed by atoms with E-state index in [0.717, 1.165) is 33.3 Å². The Balaban J connectivity index is 1.60. The number of benzene rings is 2. The van der Waals surface area contributed by atoms with E-state index in [1.807, 2.05) is 61.5 Å². The van der Waals surface area contributed by atoms with E-state index >= 15 is 0 Å². The van der Waals surface area contributed by atoms with Crippen LogP contribution in [0, 0.1) is 12.3 Å². The number of carbonyl (C=O) groups is 1. The molecule has 0 bridgehead atoms. The molecule has 0 aliphatic heterocycles. The van der Waals surface area contributed by atoms with Crippen LogP contribution in [0.5, 0.6) is 0 Å². The van der Waals surface area contributed by atoms with Crippen molar-refractivity contribution < 1.29 is 4.79 Å². The third-order valence-electron chi connectivity index (χ3n) is 5.54. The van der Waals surface area contributed by atoms with Crippen molar-refractivity contribution in [2.24, 2.45) is 0 Å². The maximum absolute atomic E-state index is 13.2. The van der Waals surface area contributed by atoms with Crippen LogP contribution in [0.15, 0.2) is 73.1 Å². The quantitative estimate of drug-likeness (QED) is 0.418. The van der Waals surface area contributed by atoms with Crippen LogP contribution < -0.4 is 11.1 Å². The molecule has 5 aromatic rings. The summed E-state index contributed by atoms with van der Waals surface area (Å²) in [5.74, 6) is 2.47. The zero-order valence-electron chi connectivity index (χ0n) is 17.9. The molecule has 0 aliphatic rings. The van der Waals surface area contributed by atoms with Gasteiger partial charge in [-0.1, -0.05) is 48.4 Å². The minimum atomic E-state index is -0.378. The van der Waals surface area contributed by atoms with Crippen LogP contribution in [-0.2, 0) is 0 Å². The lowest BCUT2D eigenvalue weighted by molar-refractivity contribution is 0.0942. The average Bonchev–Trinajstić information content (AvgIpc) is 3.19. The Hall–Kier alpha value is -4.70. The Kier molecular flexibility index (Phi) is 4.96. The van der Waals surface area contributed by atoms with Crippen molar-refractivity contribution >= 4 is 28.3 Å². The van der Waals surface area contributed by atoms with Gasteiger partial charge in [0.1, 0.15) is 5.56 Å². The predicted molar refractivity (Wildman–Crippen MR) is 128 cm³/mol. The molecule has 0 saturated carbocycles. The highest BCUT2D eigenvalue weighted by molar-refractivity contribution is 6.04. The minimum absolute atomic E-state index is 0.122. The van der Waals surface area contributed by atoms with Gasteiger partial charge in [-0.25, -0.2) is 14.5 Å². The van der Waals surface area contributed by atoms with Crippen molar-refractivity contribution in [3.63, 3.8) is 0 Å². The molecular formula is C26H20N6O. The van der Waals surface area contributed by atoms with Crippen LogP contribution in [0.25, 0.3) is 27.8 Å². The van der Waals surface area contributed by atoms with Gasteiger partial charge < -0.3 is 11.1 Å². The van der Waals surface area contributed by atoms with E-state index in [1.165, 1.54) is 4.52 Å². The van der Waals surface area contributed by atoms with Crippen molar-refractivity contribution in [1.82, 2.24) is 24.9 Å². The fourth-order valence-electron chi connectivity index (χ4n) is 3.96. The van der Waals surface area contributed by atoms with E-state index in [4.69, 9.17) is 17.1 Å². The molecule has 7 heteroatoms. The maximum atomic E-state index is 13.2. The standard InChI is InChI=1S/C26H20N6O/c1-3-17-11-7-12-19-15-20(23(30-22(17)19)18-9-5-4-6-10-18)16(2)29-26(33)21-24(27)31-32-14-8-13-28-25(21)32/h1,4-16H,2H3,(H2,27,31)(H,29,33)/t16-/m1/s1. The molecule has 1 atom stereocenters. The second-order valence-electron chi connectivity index (χ2n) is 7.66. The van der Waals surface area contributed by atoms with E-state index in [9.17, 15) is 4.79 Å². The predicted octanol–water partition coefficient (Wildman–Crippen LogP) is 4.00. The van der Waals surface area contributed by atoms with E-state index in [2.05, 4.69) is 21.3 Å². The summed E-state index contributed by atoms with van der Waals surface area (Å²) in [7, 11) is 0. The molecule has 1 amide bonds. The molecule has 0 saturated heterocycles. The first-order valence-corrected chi connectivity index (χ1v) is 10.4. The van der Waals surface area contributed by atoms with Crippen LogP contribution in [0.2, 0.25) is 0 Å². The zero-order chi connectivity index (χ0) is 22.9. The number of hydrogen-bond donors (Lipinski definition) is 2. The topological polar surface area (TPSA) is 98.2 Å². The van der Waals surface area contributed by atoms with Gasteiger partial charge >= 0.3 is 0 Å². The normalized spacial score (nSPS) is 11.9. The Morgan fingerprint density at radius 2 is 1.97 bits per heavy atom. The maximum Gasteiger partial charge on any atom is 0.259 e. The summed E-state index contributed by atoms with van der Waals surface area (Å²) in [4.78, 5) is 22.4. The SMILES string of the molecule is C#Cc1cccc2cc([C@@H](C)NC(=O)c3c(N)nn4cccnc34)c(-c3ccccc3)nc12. The van der Waals surface area contributed by atoms with E-state index < -0.39 is 0 Å². The number of nitrogens with one attached hydrogen (secondary N) is 1. The molecule has 7 nitrogen and oxygen atoms in total. The summed E-state index contributed by atoms with van der Waals surface area (Å²) in [6, 6.07) is 18.9. The Bertz CT molecular complexity index is 1550. The summed E-state index contributed by atoms with van der Waals surface area (Å²) in [5, 5.41) is 8.12. The number of nitrogens with zero attached hydrogens (tertiary/aromatic N) is 4. The van der Waals surface area contributed by atoms with Crippen molar-refractivity contribution in [2.45, 2.75) is 13.0 Å². The second-order valence-corrected chi connectivity index (χ2v) is 7.66. The molecule has 0 radical (unpaired) electrons. The van der Waals surface area contributed by atoms with Gasteiger partial charge in [-0.2, -0.15) is 0 Å². The first-order chi connectivity index (χ1) is 16.1. The Labute approximate surface area is 190 Å². The van der Waals surface area contributed by atoms with Gasteiger partial charge in [0.15, 0.2) is 11.5 Å². The summed E-state index contributed by atoms with van der Waals surface area (Å²) >= 11 is 0. The number of fused-ring (bicyclic) bond motifs is 2. The van der Waals surface area contributed by atoms with Crippen molar-refractivity contribution in [1.29, 1.82) is 0 Å². The van der Waals surface area contributed by atoms with Gasteiger partial charge in [-0.3, -0.25) is 4.79 Å². The second kappa shape index (κ2) is 8.09. The van der Waals surface area contributed by atoms with Crippen LogP contribution in [-0.4, -0.2) is 25.5 Å². The van der Waals surface area contributed by atoms with Crippen LogP contribution >= 0.6 is 0 Å². The van der Waals surface area contributed by atoms with Gasteiger partial charge in [0.05, 0.1) is 22.8 Å². The molecule has 0 spiro atoms. The number of terminal acetylenes is 1. The first-order valence-electron chi connectivity index (χ1n) is 10.4. The van der Waals surface area contributed by atoms with Crippen molar-refractivity contribution in [3.8, 4) is 23.6 Å². The molecule has 0 fully saturated rings. The Morgan fingerprint density at radius 3 is 2.76 bits per heavy atom. The fourth-order valence-corrected chi connectivity index (χ4v) is 3.96. The van der Waals surface area contributed by atoms with E-state index in [0.29, 0.717) is 5.65 Å². The molecule has 0 aliphatic carbocycles. The fraction of sp³-hybridized carbons (Fsp3) is 0.0769. The largest absolute Gasteiger partial charge is 0.381 e. The highest BCUT2D eigenvalue weighted by Crippen LogP contribution is 2.31. The van der Waals surface area contributed by atoms with Crippen molar-refractivity contribution in [2.75, 3.05) is 5.73 Å². The third-order valence-corrected chi connectivity index (χ3v) is 5.54. The van der Waals surface area contributed by atoms with E-state index in [-0.39, 0.29) is 23.3 Å². The van der Waals surface area contributed by atoms with Gasteiger partial charge in [-0.15, -0.1) is 11.5 Å². The van der Waals surface area contributed by atoms with Crippen LogP contribution in [0.1, 0.15) is 34.5 Å². The number of pyridine rings is 1. The number of amides is 1. The molecule has 2 aromatic carbocycles. The molecule has 3 heterocycles. The highest BCUT2D eigenvalue weighted by Gasteiger charge is 2.23. The number of carbonyl (C=O) groups excluding carboxylic acids is 1. The number of nitrogen functional groups attached to an aromatic ring is 1. The lowest BCUT2D eigenvalue weighted by Gasteiger charge is -2.19. The number of rotatable bonds is 4. The zero-order valence-corrected chi connectivity index (χ0v) is 17.9. The molecule has 33 heavy (non-hydrogen) atoms. The third kappa shape index (κ3) is 3.54. The van der Waals surface area contributed by atoms with Gasteiger partial charge in [0.2, 0.25) is 0 Å². The monoisotopic (exact) mass is 432 g/mol. The highest BCUT2D eigenvalue weighted by atomic mass is 16.1. The van der Waals surface area contributed by atoms with Crippen LogP contribution in [0.4, 0.5) is 5.82 Å². The molecule has 3 N–H and O–H groups in total. The molecule has 5 rings (SSSR count). The van der Waals surface area contributed by atoms with Gasteiger partial charge in [0.25, 0.3) is 5.91 Å². The minimum Gasteiger partial charge on any atom is -0.381 e. The van der Waals surface area contributed by atoms with Crippen molar-refractivity contribution in [3.05, 3.63) is 89.7 Å². The number of aromatic nitrogens is 4. The molecule has 160 valence electrons. The molecular weight excluding hydrogens is 412 g/mol. The van der Waals surface area contributed by atoms with Gasteiger partial charge in [0, 0.05) is 28.9 Å². The summed E-state index contributed by atoms with van der Waals surface area (Å²) < 4.78 is 1.49. The summed E-state index contributed by atoms with van der Waals surface area (Å²) in [6.45, 7) is 1.91. The lowest BCUT2D eigenvalue weighted by atomic mass is 9.97. The summed E-state index contributed by atoms with van der Waals surface area (Å²) in [6.07, 6.45) is 9.00. The Morgan fingerprint density at radius 1 is 1.15 bits per heavy atom. The summed E-state index contributed by atoms with van der Waals surface area (Å²) in [5.41, 5.74) is 10.7. The number of nitrogens with two attached hydrogens (primary N) is 1. The number of hydrogen-bond acceptors (Lipinski definition) is 5.